The molecular formula is C8H15F3N2O3. The van der Waals surface area contributed by atoms with Gasteiger partial charge in [0.1, 0.15) is 12.6 Å². The van der Waals surface area contributed by atoms with Crippen molar-refractivity contribution in [3.8, 4) is 0 Å². The molecule has 0 aliphatic heterocycles. The highest BCUT2D eigenvalue weighted by molar-refractivity contribution is 5.81. The Morgan fingerprint density at radius 3 is 2.62 bits per heavy atom. The zero-order valence-electron chi connectivity index (χ0n) is 8.84. The number of ether oxygens (including phenoxy) is 2. The number of carbonyl (C=O) groups excluding carboxylic acids is 1. The Hall–Kier alpha value is -0.860. The lowest BCUT2D eigenvalue weighted by Crippen LogP contribution is -2.44. The van der Waals surface area contributed by atoms with Gasteiger partial charge in [-0.3, -0.25) is 4.79 Å². The van der Waals surface area contributed by atoms with Gasteiger partial charge < -0.3 is 20.5 Å². The second-order valence-corrected chi connectivity index (χ2v) is 3.02. The maximum absolute atomic E-state index is 11.6. The molecule has 16 heavy (non-hydrogen) atoms. The zero-order valence-corrected chi connectivity index (χ0v) is 8.84. The minimum atomic E-state index is -4.35. The van der Waals surface area contributed by atoms with Crippen LogP contribution in [-0.4, -0.2) is 51.6 Å². The number of rotatable bonds is 7. The van der Waals surface area contributed by atoms with E-state index in [-0.39, 0.29) is 19.8 Å². The standard InChI is InChI=1S/C8H15F3N2O3/c1-15-4-6(12)7(14)13-2-3-16-5-8(9,10)11/h6H,2-5,12H2,1H3,(H,13,14). The maximum Gasteiger partial charge on any atom is 0.411 e. The summed E-state index contributed by atoms with van der Waals surface area (Å²) in [5.41, 5.74) is 5.35. The fourth-order valence-electron chi connectivity index (χ4n) is 0.821. The molecule has 0 bridgehead atoms. The molecule has 0 aromatic rings. The normalized spacial score (nSPS) is 13.6. The second kappa shape index (κ2) is 7.42. The number of amides is 1. The van der Waals surface area contributed by atoms with E-state index in [1.54, 1.807) is 0 Å². The van der Waals surface area contributed by atoms with Crippen LogP contribution < -0.4 is 11.1 Å². The monoisotopic (exact) mass is 244 g/mol. The largest absolute Gasteiger partial charge is 0.411 e. The first-order valence-corrected chi connectivity index (χ1v) is 4.53. The van der Waals surface area contributed by atoms with Crippen LogP contribution in [-0.2, 0) is 14.3 Å². The molecule has 0 aromatic carbocycles. The smallest absolute Gasteiger partial charge is 0.383 e. The van der Waals surface area contributed by atoms with Crippen LogP contribution in [0.25, 0.3) is 0 Å². The van der Waals surface area contributed by atoms with Crippen molar-refractivity contribution in [1.29, 1.82) is 0 Å². The minimum Gasteiger partial charge on any atom is -0.383 e. The average molecular weight is 244 g/mol. The fourth-order valence-corrected chi connectivity index (χ4v) is 0.821. The summed E-state index contributed by atoms with van der Waals surface area (Å²) in [5.74, 6) is -0.488. The van der Waals surface area contributed by atoms with Crippen LogP contribution in [0, 0.1) is 0 Å². The number of methoxy groups -OCH3 is 1. The third-order valence-corrected chi connectivity index (χ3v) is 1.49. The molecule has 8 heteroatoms. The average Bonchev–Trinajstić information content (AvgIpc) is 2.15. The summed E-state index contributed by atoms with van der Waals surface area (Å²) >= 11 is 0. The predicted molar refractivity (Wildman–Crippen MR) is 49.7 cm³/mol. The lowest BCUT2D eigenvalue weighted by atomic mass is 10.3. The number of hydrogen-bond donors (Lipinski definition) is 2. The summed E-state index contributed by atoms with van der Waals surface area (Å²) < 4.78 is 43.8. The van der Waals surface area contributed by atoms with Gasteiger partial charge in [-0.2, -0.15) is 13.2 Å². The summed E-state index contributed by atoms with van der Waals surface area (Å²) in [6.07, 6.45) is -4.35. The van der Waals surface area contributed by atoms with Crippen LogP contribution in [0.15, 0.2) is 0 Å². The van der Waals surface area contributed by atoms with Crippen molar-refractivity contribution in [2.45, 2.75) is 12.2 Å². The van der Waals surface area contributed by atoms with Gasteiger partial charge in [0.2, 0.25) is 5.91 Å². The number of alkyl halides is 3. The van der Waals surface area contributed by atoms with Crippen molar-refractivity contribution in [2.75, 3.05) is 33.5 Å². The molecule has 1 unspecified atom stereocenters. The lowest BCUT2D eigenvalue weighted by molar-refractivity contribution is -0.173. The molecular weight excluding hydrogens is 229 g/mol. The Morgan fingerprint density at radius 2 is 2.12 bits per heavy atom. The molecule has 96 valence electrons. The van der Waals surface area contributed by atoms with E-state index in [0.717, 1.165) is 0 Å². The van der Waals surface area contributed by atoms with Gasteiger partial charge >= 0.3 is 6.18 Å². The van der Waals surface area contributed by atoms with E-state index in [0.29, 0.717) is 0 Å². The first kappa shape index (κ1) is 15.1. The molecule has 0 fully saturated rings. The molecule has 0 aliphatic carbocycles. The minimum absolute atomic E-state index is 0.0215. The number of halogens is 3. The first-order valence-electron chi connectivity index (χ1n) is 4.53. The van der Waals surface area contributed by atoms with Gasteiger partial charge in [0.25, 0.3) is 0 Å². The van der Waals surface area contributed by atoms with Gasteiger partial charge in [0, 0.05) is 13.7 Å². The molecule has 0 spiro atoms. The van der Waals surface area contributed by atoms with E-state index in [4.69, 9.17) is 5.73 Å². The third kappa shape index (κ3) is 8.45. The lowest BCUT2D eigenvalue weighted by Gasteiger charge is -2.11. The number of hydrogen-bond acceptors (Lipinski definition) is 4. The van der Waals surface area contributed by atoms with Gasteiger partial charge in [-0.15, -0.1) is 0 Å². The molecule has 0 radical (unpaired) electrons. The second-order valence-electron chi connectivity index (χ2n) is 3.02. The number of carbonyl (C=O) groups is 1. The molecule has 3 N–H and O–H groups in total. The maximum atomic E-state index is 11.6. The highest BCUT2D eigenvalue weighted by Crippen LogP contribution is 2.13. The molecule has 0 saturated carbocycles. The summed E-state index contributed by atoms with van der Waals surface area (Å²) in [4.78, 5) is 11.1. The van der Waals surface area contributed by atoms with Crippen LogP contribution in [0.5, 0.6) is 0 Å². The summed E-state index contributed by atoms with van der Waals surface area (Å²) in [5, 5.41) is 2.32. The third-order valence-electron chi connectivity index (χ3n) is 1.49. The molecule has 0 aromatic heterocycles. The first-order chi connectivity index (χ1) is 7.37. The van der Waals surface area contributed by atoms with E-state index >= 15 is 0 Å². The Morgan fingerprint density at radius 1 is 1.50 bits per heavy atom. The molecule has 1 amide bonds. The van der Waals surface area contributed by atoms with E-state index < -0.39 is 24.7 Å². The Balaban J connectivity index is 3.48. The van der Waals surface area contributed by atoms with Gasteiger partial charge in [-0.1, -0.05) is 0 Å². The van der Waals surface area contributed by atoms with Crippen molar-refractivity contribution >= 4 is 5.91 Å². The molecule has 0 saturated heterocycles. The van der Waals surface area contributed by atoms with Crippen LogP contribution >= 0.6 is 0 Å². The Bertz CT molecular complexity index is 211. The number of nitrogens with one attached hydrogen (secondary N) is 1. The van der Waals surface area contributed by atoms with Gasteiger partial charge in [-0.25, -0.2) is 0 Å². The number of nitrogens with two attached hydrogens (primary N) is 1. The summed E-state index contributed by atoms with van der Waals surface area (Å²) in [7, 11) is 1.39. The van der Waals surface area contributed by atoms with Crippen molar-refractivity contribution in [3.63, 3.8) is 0 Å². The van der Waals surface area contributed by atoms with E-state index in [1.807, 2.05) is 0 Å². The van der Waals surface area contributed by atoms with Crippen LogP contribution in [0.4, 0.5) is 13.2 Å². The van der Waals surface area contributed by atoms with Crippen LogP contribution in [0.3, 0.4) is 0 Å². The van der Waals surface area contributed by atoms with E-state index in [9.17, 15) is 18.0 Å². The fraction of sp³-hybridized carbons (Fsp3) is 0.875. The van der Waals surface area contributed by atoms with Crippen LogP contribution in [0.1, 0.15) is 0 Å². The van der Waals surface area contributed by atoms with Crippen LogP contribution in [0.2, 0.25) is 0 Å². The molecule has 0 rings (SSSR count). The highest BCUT2D eigenvalue weighted by Gasteiger charge is 2.27. The molecule has 5 nitrogen and oxygen atoms in total. The summed E-state index contributed by atoms with van der Waals surface area (Å²) in [6.45, 7) is -1.51. The van der Waals surface area contributed by atoms with Crippen molar-refractivity contribution in [3.05, 3.63) is 0 Å². The summed E-state index contributed by atoms with van der Waals surface area (Å²) in [6, 6.07) is -0.826. The van der Waals surface area contributed by atoms with Gasteiger partial charge in [-0.05, 0) is 0 Å². The van der Waals surface area contributed by atoms with Crippen molar-refractivity contribution in [1.82, 2.24) is 5.32 Å². The predicted octanol–water partition coefficient (Wildman–Crippen LogP) is -0.345. The SMILES string of the molecule is COCC(N)C(=O)NCCOCC(F)(F)F. The quantitative estimate of drug-likeness (QED) is 0.601. The molecule has 0 heterocycles. The zero-order chi connectivity index (χ0) is 12.6. The highest BCUT2D eigenvalue weighted by atomic mass is 19.4. The molecule has 1 atom stereocenters. The Kier molecular flexibility index (Phi) is 7.02. The van der Waals surface area contributed by atoms with E-state index in [1.165, 1.54) is 7.11 Å². The van der Waals surface area contributed by atoms with Gasteiger partial charge in [0.15, 0.2) is 0 Å². The van der Waals surface area contributed by atoms with E-state index in [2.05, 4.69) is 14.8 Å². The topological polar surface area (TPSA) is 73.6 Å². The molecule has 0 aliphatic rings. The van der Waals surface area contributed by atoms with Gasteiger partial charge in [0.05, 0.1) is 13.2 Å². The van der Waals surface area contributed by atoms with Crippen molar-refractivity contribution < 1.29 is 27.4 Å². The Labute approximate surface area is 91.1 Å². The van der Waals surface area contributed by atoms with Crippen molar-refractivity contribution in [2.24, 2.45) is 5.73 Å².